The van der Waals surface area contributed by atoms with E-state index < -0.39 is 17.4 Å². The third-order valence-electron chi connectivity index (χ3n) is 6.26. The molecule has 2 aliphatic heterocycles. The fraction of sp³-hybridized carbons (Fsp3) is 0.741. The molecule has 0 bridgehead atoms. The molecule has 1 aromatic rings. The van der Waals surface area contributed by atoms with Crippen LogP contribution in [-0.2, 0) is 22.3 Å². The number of amides is 2. The topological polar surface area (TPSA) is 72.0 Å². The number of hydrogen-bond acceptors (Lipinski definition) is 5. The van der Waals surface area contributed by atoms with Crippen LogP contribution in [0.2, 0.25) is 0 Å². The highest BCUT2D eigenvalue weighted by Crippen LogP contribution is 2.29. The maximum atomic E-state index is 14.9. The summed E-state index contributed by atoms with van der Waals surface area (Å²) in [4.78, 5) is 32.9. The van der Waals surface area contributed by atoms with Crippen molar-refractivity contribution in [2.24, 2.45) is 5.92 Å². The fourth-order valence-electron chi connectivity index (χ4n) is 4.57. The number of carbonyl (C=O) groups excluding carboxylic acids is 2. The van der Waals surface area contributed by atoms with Gasteiger partial charge in [0.1, 0.15) is 23.2 Å². The Bertz CT molecular complexity index is 893. The lowest BCUT2D eigenvalue weighted by Crippen LogP contribution is -2.40. The SMILES string of the molecule is CC(C)(C)OC(=O)N1CCC(C(F)CCCCc2ccc3c(n2)N(C(=O)OC(C)(C)C)CCC3)C1. The summed E-state index contributed by atoms with van der Waals surface area (Å²) in [6.45, 7) is 12.7. The summed E-state index contributed by atoms with van der Waals surface area (Å²) < 4.78 is 25.8. The molecule has 8 heteroatoms. The number of aryl methyl sites for hydroxylation is 2. The van der Waals surface area contributed by atoms with Gasteiger partial charge in [0.25, 0.3) is 0 Å². The van der Waals surface area contributed by atoms with Gasteiger partial charge in [-0.3, -0.25) is 4.90 Å². The molecule has 0 aliphatic carbocycles. The zero-order valence-electron chi connectivity index (χ0n) is 22.2. The molecule has 35 heavy (non-hydrogen) atoms. The quantitative estimate of drug-likeness (QED) is 0.451. The second-order valence-corrected chi connectivity index (χ2v) is 11.8. The molecule has 2 unspecified atom stereocenters. The lowest BCUT2D eigenvalue weighted by atomic mass is 9.97. The number of unbranched alkanes of at least 4 members (excludes halogenated alkanes) is 1. The van der Waals surface area contributed by atoms with Gasteiger partial charge in [0.2, 0.25) is 0 Å². The summed E-state index contributed by atoms with van der Waals surface area (Å²) >= 11 is 0. The van der Waals surface area contributed by atoms with Crippen LogP contribution in [0, 0.1) is 5.92 Å². The third kappa shape index (κ3) is 8.07. The summed E-state index contributed by atoms with van der Waals surface area (Å²) in [6.07, 6.45) is 3.59. The van der Waals surface area contributed by atoms with Crippen LogP contribution in [0.4, 0.5) is 19.8 Å². The van der Waals surface area contributed by atoms with E-state index in [0.717, 1.165) is 43.4 Å². The van der Waals surface area contributed by atoms with Crippen molar-refractivity contribution in [3.63, 3.8) is 0 Å². The Labute approximate surface area is 209 Å². The number of pyridine rings is 1. The molecule has 196 valence electrons. The number of halogens is 1. The van der Waals surface area contributed by atoms with Crippen LogP contribution < -0.4 is 4.90 Å². The van der Waals surface area contributed by atoms with E-state index in [2.05, 4.69) is 6.07 Å². The van der Waals surface area contributed by atoms with E-state index in [1.807, 2.05) is 47.6 Å². The standard InChI is InChI=1S/C27H42FN3O4/c1-26(2,3)34-24(32)30-17-15-20(18-30)22(28)12-8-7-11-21-14-13-19-10-9-16-31(23(19)29-21)25(33)35-27(4,5)6/h13-14,20,22H,7-12,15-18H2,1-6H3. The lowest BCUT2D eigenvalue weighted by molar-refractivity contribution is 0.0280. The molecule has 0 spiro atoms. The van der Waals surface area contributed by atoms with Gasteiger partial charge in [-0.2, -0.15) is 0 Å². The average Bonchev–Trinajstić information content (AvgIpc) is 3.24. The summed E-state index contributed by atoms with van der Waals surface area (Å²) in [7, 11) is 0. The molecule has 7 nitrogen and oxygen atoms in total. The van der Waals surface area contributed by atoms with Crippen LogP contribution in [0.5, 0.6) is 0 Å². The molecule has 1 aromatic heterocycles. The number of ether oxygens (including phenoxy) is 2. The Balaban J connectivity index is 1.47. The van der Waals surface area contributed by atoms with Gasteiger partial charge in [0.05, 0.1) is 0 Å². The van der Waals surface area contributed by atoms with Gasteiger partial charge in [0, 0.05) is 31.2 Å². The number of hydrogen-bond donors (Lipinski definition) is 0. The van der Waals surface area contributed by atoms with Crippen molar-refractivity contribution in [2.45, 2.75) is 104 Å². The summed E-state index contributed by atoms with van der Waals surface area (Å²) in [5.74, 6) is 0.561. The Morgan fingerprint density at radius 3 is 2.43 bits per heavy atom. The van der Waals surface area contributed by atoms with Gasteiger partial charge in [-0.25, -0.2) is 19.0 Å². The molecule has 0 radical (unpaired) electrons. The first-order chi connectivity index (χ1) is 16.3. The monoisotopic (exact) mass is 491 g/mol. The predicted octanol–water partition coefficient (Wildman–Crippen LogP) is 6.08. The van der Waals surface area contributed by atoms with Crippen molar-refractivity contribution in [1.82, 2.24) is 9.88 Å². The van der Waals surface area contributed by atoms with E-state index in [-0.39, 0.29) is 18.1 Å². The number of nitrogens with zero attached hydrogens (tertiary/aromatic N) is 3. The number of aromatic nitrogens is 1. The maximum absolute atomic E-state index is 14.9. The van der Waals surface area contributed by atoms with Crippen LogP contribution in [0.15, 0.2) is 12.1 Å². The number of likely N-dealkylation sites (tertiary alicyclic amines) is 1. The van der Waals surface area contributed by atoms with Gasteiger partial charge in [0.15, 0.2) is 0 Å². The van der Waals surface area contributed by atoms with Gasteiger partial charge < -0.3 is 14.4 Å². The Hall–Kier alpha value is -2.38. The summed E-state index contributed by atoms with van der Waals surface area (Å²) in [6, 6.07) is 4.07. The number of anilines is 1. The number of fused-ring (bicyclic) bond motifs is 1. The highest BCUT2D eigenvalue weighted by molar-refractivity contribution is 5.88. The highest BCUT2D eigenvalue weighted by atomic mass is 19.1. The average molecular weight is 492 g/mol. The molecule has 1 fully saturated rings. The predicted molar refractivity (Wildman–Crippen MR) is 135 cm³/mol. The zero-order chi connectivity index (χ0) is 25.8. The Morgan fingerprint density at radius 2 is 1.74 bits per heavy atom. The largest absolute Gasteiger partial charge is 0.444 e. The van der Waals surface area contributed by atoms with Crippen molar-refractivity contribution in [3.05, 3.63) is 23.4 Å². The minimum Gasteiger partial charge on any atom is -0.444 e. The normalized spacial score (nSPS) is 19.3. The minimum absolute atomic E-state index is 0.133. The molecule has 3 heterocycles. The van der Waals surface area contributed by atoms with Gasteiger partial charge in [-0.1, -0.05) is 12.5 Å². The molecule has 3 rings (SSSR count). The first kappa shape index (κ1) is 27.2. The molecule has 0 aromatic carbocycles. The van der Waals surface area contributed by atoms with Crippen LogP contribution in [0.25, 0.3) is 0 Å². The minimum atomic E-state index is -0.929. The van der Waals surface area contributed by atoms with E-state index in [9.17, 15) is 14.0 Å². The van der Waals surface area contributed by atoms with Crippen molar-refractivity contribution in [3.8, 4) is 0 Å². The van der Waals surface area contributed by atoms with Crippen molar-refractivity contribution in [2.75, 3.05) is 24.5 Å². The molecular weight excluding hydrogens is 449 g/mol. The smallest absolute Gasteiger partial charge is 0.416 e. The molecule has 0 N–H and O–H groups in total. The number of rotatable bonds is 6. The number of carbonyl (C=O) groups is 2. The third-order valence-corrected chi connectivity index (χ3v) is 6.26. The molecule has 1 saturated heterocycles. The summed E-state index contributed by atoms with van der Waals surface area (Å²) in [5, 5.41) is 0. The van der Waals surface area contributed by atoms with Crippen molar-refractivity contribution >= 4 is 18.0 Å². The lowest BCUT2D eigenvalue weighted by Gasteiger charge is -2.31. The first-order valence-electron chi connectivity index (χ1n) is 12.9. The second-order valence-electron chi connectivity index (χ2n) is 11.8. The molecule has 2 amide bonds. The molecule has 0 saturated carbocycles. The first-order valence-corrected chi connectivity index (χ1v) is 12.9. The highest BCUT2D eigenvalue weighted by Gasteiger charge is 2.34. The molecule has 2 aliphatic rings. The fourth-order valence-corrected chi connectivity index (χ4v) is 4.57. The Kier molecular flexibility index (Phi) is 8.65. The zero-order valence-corrected chi connectivity index (χ0v) is 22.2. The van der Waals surface area contributed by atoms with E-state index >= 15 is 0 Å². The van der Waals surface area contributed by atoms with E-state index in [0.29, 0.717) is 38.3 Å². The second kappa shape index (κ2) is 11.1. The van der Waals surface area contributed by atoms with Crippen LogP contribution in [0.3, 0.4) is 0 Å². The van der Waals surface area contributed by atoms with Crippen LogP contribution >= 0.6 is 0 Å². The van der Waals surface area contributed by atoms with E-state index in [1.54, 1.807) is 9.80 Å². The van der Waals surface area contributed by atoms with E-state index in [4.69, 9.17) is 14.5 Å². The van der Waals surface area contributed by atoms with Gasteiger partial charge in [-0.15, -0.1) is 0 Å². The Morgan fingerprint density at radius 1 is 1.06 bits per heavy atom. The summed E-state index contributed by atoms with van der Waals surface area (Å²) in [5.41, 5.74) is 0.870. The molecule has 2 atom stereocenters. The molecular formula is C27H42FN3O4. The van der Waals surface area contributed by atoms with Gasteiger partial charge >= 0.3 is 12.2 Å². The van der Waals surface area contributed by atoms with Crippen LogP contribution in [0.1, 0.15) is 84.9 Å². The van der Waals surface area contributed by atoms with Crippen molar-refractivity contribution in [1.29, 1.82) is 0 Å². The van der Waals surface area contributed by atoms with Crippen LogP contribution in [-0.4, -0.2) is 59.1 Å². The van der Waals surface area contributed by atoms with E-state index in [1.165, 1.54) is 0 Å². The van der Waals surface area contributed by atoms with Crippen molar-refractivity contribution < 1.29 is 23.5 Å². The maximum Gasteiger partial charge on any atom is 0.416 e. The number of alkyl halides is 1. The van der Waals surface area contributed by atoms with Gasteiger partial charge in [-0.05, 0) is 91.7 Å².